The summed E-state index contributed by atoms with van der Waals surface area (Å²) in [6.45, 7) is 1.20. The highest BCUT2D eigenvalue weighted by Gasteiger charge is 2.29. The first-order valence-electron chi connectivity index (χ1n) is 5.77. The minimum atomic E-state index is -0.876. The molecule has 1 amide bonds. The first kappa shape index (κ1) is 13.2. The van der Waals surface area contributed by atoms with Crippen LogP contribution in [-0.2, 0) is 9.59 Å². The Morgan fingerprint density at radius 3 is 2.84 bits per heavy atom. The molecule has 100 valence electrons. The average molecular weight is 265 g/mol. The van der Waals surface area contributed by atoms with E-state index in [0.29, 0.717) is 0 Å². The number of ether oxygens (including phenoxy) is 1. The van der Waals surface area contributed by atoms with E-state index in [9.17, 15) is 18.8 Å². The third kappa shape index (κ3) is 2.62. The van der Waals surface area contributed by atoms with Crippen molar-refractivity contribution < 1.29 is 23.5 Å². The van der Waals surface area contributed by atoms with Crippen LogP contribution in [0.3, 0.4) is 0 Å². The highest BCUT2D eigenvalue weighted by molar-refractivity contribution is 6.35. The van der Waals surface area contributed by atoms with Gasteiger partial charge in [-0.3, -0.25) is 14.4 Å². The van der Waals surface area contributed by atoms with Crippen LogP contribution in [0.5, 0.6) is 5.75 Å². The first-order chi connectivity index (χ1) is 9.00. The largest absolute Gasteiger partial charge is 0.490 e. The maximum atomic E-state index is 13.5. The molecular weight excluding hydrogens is 253 g/mol. The zero-order valence-corrected chi connectivity index (χ0v) is 10.2. The summed E-state index contributed by atoms with van der Waals surface area (Å²) >= 11 is 0. The van der Waals surface area contributed by atoms with E-state index in [1.54, 1.807) is 0 Å². The van der Waals surface area contributed by atoms with E-state index in [-0.39, 0.29) is 24.3 Å². The predicted octanol–water partition coefficient (Wildman–Crippen LogP) is 0.865. The molecule has 1 atom stereocenters. The molecule has 1 heterocycles. The number of hydrogen-bond donors (Lipinski definition) is 1. The van der Waals surface area contributed by atoms with Crippen molar-refractivity contribution >= 4 is 17.5 Å². The summed E-state index contributed by atoms with van der Waals surface area (Å²) in [5.74, 6) is -2.70. The molecule has 0 saturated heterocycles. The lowest BCUT2D eigenvalue weighted by Crippen LogP contribution is -2.43. The third-order valence-electron chi connectivity index (χ3n) is 2.83. The fraction of sp³-hybridized carbons (Fsp3) is 0.308. The highest BCUT2D eigenvalue weighted by Crippen LogP contribution is 2.27. The molecule has 1 aromatic rings. The van der Waals surface area contributed by atoms with Crippen molar-refractivity contribution in [3.63, 3.8) is 0 Å². The van der Waals surface area contributed by atoms with Crippen molar-refractivity contribution in [3.05, 3.63) is 29.6 Å². The molecule has 0 aliphatic carbocycles. The van der Waals surface area contributed by atoms with Crippen molar-refractivity contribution in [2.75, 3.05) is 6.61 Å². The van der Waals surface area contributed by atoms with Crippen molar-refractivity contribution in [2.24, 2.45) is 0 Å². The Hall–Kier alpha value is -2.24. The molecule has 2 rings (SSSR count). The van der Waals surface area contributed by atoms with E-state index in [1.165, 1.54) is 18.2 Å². The van der Waals surface area contributed by atoms with E-state index in [2.05, 4.69) is 5.32 Å². The highest BCUT2D eigenvalue weighted by atomic mass is 19.1. The van der Waals surface area contributed by atoms with Gasteiger partial charge in [0, 0.05) is 13.3 Å². The van der Waals surface area contributed by atoms with E-state index in [0.717, 1.165) is 6.92 Å². The number of carbonyl (C=O) groups is 3. The maximum absolute atomic E-state index is 13.5. The average Bonchev–Trinajstić information content (AvgIpc) is 2.52. The maximum Gasteiger partial charge on any atom is 0.287 e. The molecule has 0 saturated carbocycles. The van der Waals surface area contributed by atoms with Gasteiger partial charge < -0.3 is 10.1 Å². The van der Waals surface area contributed by atoms with Gasteiger partial charge >= 0.3 is 0 Å². The van der Waals surface area contributed by atoms with Gasteiger partial charge in [0.15, 0.2) is 17.3 Å². The molecule has 1 aliphatic heterocycles. The Morgan fingerprint density at radius 2 is 2.16 bits per heavy atom. The molecular formula is C13H12FNO4. The van der Waals surface area contributed by atoms with Crippen LogP contribution in [0.2, 0.25) is 0 Å². The minimum Gasteiger partial charge on any atom is -0.490 e. The summed E-state index contributed by atoms with van der Waals surface area (Å²) in [5, 5.41) is 2.33. The molecule has 0 bridgehead atoms. The predicted molar refractivity (Wildman–Crippen MR) is 63.5 cm³/mol. The quantitative estimate of drug-likeness (QED) is 0.805. The Morgan fingerprint density at radius 1 is 1.42 bits per heavy atom. The molecule has 19 heavy (non-hydrogen) atoms. The standard InChI is InChI=1S/C13H12FNO4/c1-7(16)13(18)15-10-5-6-19-12-8(11(10)17)3-2-4-9(12)14/h2-4,10H,5-6H2,1H3,(H,15,18). The molecule has 0 radical (unpaired) electrons. The van der Waals surface area contributed by atoms with Gasteiger partial charge in [0.25, 0.3) is 5.91 Å². The Bertz CT molecular complexity index is 556. The van der Waals surface area contributed by atoms with E-state index in [4.69, 9.17) is 4.74 Å². The summed E-state index contributed by atoms with van der Waals surface area (Å²) in [7, 11) is 0. The zero-order chi connectivity index (χ0) is 14.0. The Balaban J connectivity index is 2.29. The van der Waals surface area contributed by atoms with Crippen molar-refractivity contribution in [2.45, 2.75) is 19.4 Å². The van der Waals surface area contributed by atoms with Gasteiger partial charge in [-0.2, -0.15) is 0 Å². The monoisotopic (exact) mass is 265 g/mol. The summed E-state index contributed by atoms with van der Waals surface area (Å²) in [5.41, 5.74) is 0.0753. The van der Waals surface area contributed by atoms with Crippen LogP contribution in [0, 0.1) is 5.82 Å². The van der Waals surface area contributed by atoms with Crippen LogP contribution < -0.4 is 10.1 Å². The molecule has 5 nitrogen and oxygen atoms in total. The minimum absolute atomic E-state index is 0.0753. The number of para-hydroxylation sites is 1. The first-order valence-corrected chi connectivity index (χ1v) is 5.77. The van der Waals surface area contributed by atoms with Crippen molar-refractivity contribution in [1.29, 1.82) is 0 Å². The number of rotatable bonds is 2. The molecule has 6 heteroatoms. The second-order valence-corrected chi connectivity index (χ2v) is 4.20. The van der Waals surface area contributed by atoms with Crippen LogP contribution in [0.1, 0.15) is 23.7 Å². The second kappa shape index (κ2) is 5.17. The smallest absolute Gasteiger partial charge is 0.287 e. The lowest BCUT2D eigenvalue weighted by molar-refractivity contribution is -0.137. The van der Waals surface area contributed by atoms with Gasteiger partial charge in [-0.15, -0.1) is 0 Å². The molecule has 1 aromatic carbocycles. The van der Waals surface area contributed by atoms with Crippen LogP contribution in [-0.4, -0.2) is 30.1 Å². The van der Waals surface area contributed by atoms with Crippen molar-refractivity contribution in [3.8, 4) is 5.75 Å². The lowest BCUT2D eigenvalue weighted by Gasteiger charge is -2.13. The van der Waals surface area contributed by atoms with Crippen LogP contribution in [0.25, 0.3) is 0 Å². The lowest BCUT2D eigenvalue weighted by atomic mass is 10.0. The van der Waals surface area contributed by atoms with Crippen LogP contribution in [0.4, 0.5) is 4.39 Å². The van der Waals surface area contributed by atoms with E-state index in [1.807, 2.05) is 0 Å². The second-order valence-electron chi connectivity index (χ2n) is 4.20. The van der Waals surface area contributed by atoms with Gasteiger partial charge in [0.05, 0.1) is 18.2 Å². The topological polar surface area (TPSA) is 72.5 Å². The molecule has 0 spiro atoms. The Kier molecular flexibility index (Phi) is 3.59. The number of ketones is 2. The molecule has 1 N–H and O–H groups in total. The van der Waals surface area contributed by atoms with Crippen LogP contribution >= 0.6 is 0 Å². The molecule has 0 aromatic heterocycles. The van der Waals surface area contributed by atoms with Gasteiger partial charge in [-0.1, -0.05) is 6.07 Å². The third-order valence-corrected chi connectivity index (χ3v) is 2.83. The number of halogens is 1. The number of fused-ring (bicyclic) bond motifs is 1. The zero-order valence-electron chi connectivity index (χ0n) is 10.2. The normalized spacial score (nSPS) is 18.0. The number of amides is 1. The van der Waals surface area contributed by atoms with E-state index < -0.39 is 29.3 Å². The van der Waals surface area contributed by atoms with Gasteiger partial charge in [-0.05, 0) is 12.1 Å². The SMILES string of the molecule is CC(=O)C(=O)NC1CCOc2c(F)cccc2C1=O. The number of carbonyl (C=O) groups excluding carboxylic acids is 3. The van der Waals surface area contributed by atoms with Gasteiger partial charge in [0.1, 0.15) is 0 Å². The van der Waals surface area contributed by atoms with Gasteiger partial charge in [0.2, 0.25) is 5.78 Å². The fourth-order valence-corrected chi connectivity index (χ4v) is 1.84. The molecule has 1 unspecified atom stereocenters. The number of hydrogen-bond acceptors (Lipinski definition) is 4. The molecule has 0 fully saturated rings. The summed E-state index contributed by atoms with van der Waals surface area (Å²) in [4.78, 5) is 34.4. The molecule has 1 aliphatic rings. The van der Waals surface area contributed by atoms with Crippen LogP contribution in [0.15, 0.2) is 18.2 Å². The number of Topliss-reactive ketones (excluding diaryl/α,β-unsaturated/α-hetero) is 2. The van der Waals surface area contributed by atoms with Crippen molar-refractivity contribution in [1.82, 2.24) is 5.32 Å². The number of nitrogens with one attached hydrogen (secondary N) is 1. The van der Waals surface area contributed by atoms with E-state index >= 15 is 0 Å². The summed E-state index contributed by atoms with van der Waals surface area (Å²) < 4.78 is 18.7. The Labute approximate surface area is 108 Å². The number of benzene rings is 1. The fourth-order valence-electron chi connectivity index (χ4n) is 1.84. The summed E-state index contributed by atoms with van der Waals surface area (Å²) in [6.07, 6.45) is 0.186. The van der Waals surface area contributed by atoms with Gasteiger partial charge in [-0.25, -0.2) is 4.39 Å². The summed E-state index contributed by atoms with van der Waals surface area (Å²) in [6, 6.07) is 3.14.